The van der Waals surface area contributed by atoms with E-state index in [2.05, 4.69) is 24.5 Å². The van der Waals surface area contributed by atoms with Crippen molar-refractivity contribution in [1.82, 2.24) is 10.6 Å². The van der Waals surface area contributed by atoms with Gasteiger partial charge in [0.15, 0.2) is 0 Å². The zero-order chi connectivity index (χ0) is 11.8. The number of rotatable bonds is 7. The summed E-state index contributed by atoms with van der Waals surface area (Å²) in [5.41, 5.74) is 0. The lowest BCUT2D eigenvalue weighted by Gasteiger charge is -2.27. The van der Waals surface area contributed by atoms with E-state index in [0.717, 1.165) is 19.3 Å². The summed E-state index contributed by atoms with van der Waals surface area (Å²) in [6.07, 6.45) is 9.74. The van der Waals surface area contributed by atoms with E-state index in [1.165, 1.54) is 32.1 Å². The summed E-state index contributed by atoms with van der Waals surface area (Å²) in [5.74, 6) is 0. The topological polar surface area (TPSA) is 41.1 Å². The standard InChI is InChI=1S/C13H26N2O/c1-3-4-5-6-8-11(2)14-13(16)15-12-9-7-10-12/h11-12H,3-10H2,1-2H3,(H2,14,15,16). The molecule has 2 N–H and O–H groups in total. The smallest absolute Gasteiger partial charge is 0.315 e. The molecule has 0 aliphatic heterocycles. The van der Waals surface area contributed by atoms with Crippen molar-refractivity contribution in [2.75, 3.05) is 0 Å². The normalized spacial score (nSPS) is 17.6. The molecule has 1 fully saturated rings. The molecule has 0 radical (unpaired) electrons. The molecule has 1 saturated carbocycles. The van der Waals surface area contributed by atoms with Crippen molar-refractivity contribution < 1.29 is 4.79 Å². The summed E-state index contributed by atoms with van der Waals surface area (Å²) in [7, 11) is 0. The lowest BCUT2D eigenvalue weighted by atomic mass is 9.93. The molecule has 0 aromatic heterocycles. The van der Waals surface area contributed by atoms with Crippen molar-refractivity contribution >= 4 is 6.03 Å². The summed E-state index contributed by atoms with van der Waals surface area (Å²) in [6, 6.07) is 0.761. The number of carbonyl (C=O) groups excluding carboxylic acids is 1. The number of unbranched alkanes of at least 4 members (excludes halogenated alkanes) is 3. The second kappa shape index (κ2) is 7.53. The quantitative estimate of drug-likeness (QED) is 0.643. The highest BCUT2D eigenvalue weighted by Crippen LogP contribution is 2.17. The number of urea groups is 1. The Hall–Kier alpha value is -0.730. The monoisotopic (exact) mass is 226 g/mol. The fourth-order valence-electron chi connectivity index (χ4n) is 1.95. The number of hydrogen-bond donors (Lipinski definition) is 2. The Morgan fingerprint density at radius 3 is 2.62 bits per heavy atom. The molecule has 3 nitrogen and oxygen atoms in total. The average molecular weight is 226 g/mol. The van der Waals surface area contributed by atoms with Gasteiger partial charge in [0.2, 0.25) is 0 Å². The minimum Gasteiger partial charge on any atom is -0.336 e. The van der Waals surface area contributed by atoms with Crippen molar-refractivity contribution in [3.8, 4) is 0 Å². The molecule has 94 valence electrons. The minimum absolute atomic E-state index is 0.0210. The van der Waals surface area contributed by atoms with Crippen LogP contribution in [0.15, 0.2) is 0 Å². The highest BCUT2D eigenvalue weighted by Gasteiger charge is 2.19. The molecule has 1 atom stereocenters. The van der Waals surface area contributed by atoms with Crippen LogP contribution in [0.4, 0.5) is 4.79 Å². The maximum Gasteiger partial charge on any atom is 0.315 e. The number of carbonyl (C=O) groups is 1. The summed E-state index contributed by atoms with van der Waals surface area (Å²) in [6.45, 7) is 4.31. The van der Waals surface area contributed by atoms with Gasteiger partial charge >= 0.3 is 6.03 Å². The SMILES string of the molecule is CCCCCCC(C)NC(=O)NC1CCC1. The molecule has 0 spiro atoms. The molecule has 0 saturated heterocycles. The first-order chi connectivity index (χ1) is 7.72. The molecule has 2 amide bonds. The molecule has 3 heteroatoms. The van der Waals surface area contributed by atoms with Crippen LogP contribution in [-0.2, 0) is 0 Å². The molecular formula is C13H26N2O. The number of amides is 2. The van der Waals surface area contributed by atoms with Gasteiger partial charge in [-0.25, -0.2) is 4.79 Å². The van der Waals surface area contributed by atoms with Crippen molar-refractivity contribution in [2.24, 2.45) is 0 Å². The van der Waals surface area contributed by atoms with Crippen LogP contribution in [0, 0.1) is 0 Å². The van der Waals surface area contributed by atoms with Crippen LogP contribution < -0.4 is 10.6 Å². The third-order valence-corrected chi connectivity index (χ3v) is 3.31. The zero-order valence-corrected chi connectivity index (χ0v) is 10.7. The first-order valence-corrected chi connectivity index (χ1v) is 6.79. The Kier molecular flexibility index (Phi) is 6.27. The van der Waals surface area contributed by atoms with Gasteiger partial charge in [0.05, 0.1) is 0 Å². The Bertz CT molecular complexity index is 202. The Morgan fingerprint density at radius 1 is 1.31 bits per heavy atom. The first kappa shape index (κ1) is 13.3. The molecule has 0 aromatic carbocycles. The molecule has 1 aliphatic rings. The van der Waals surface area contributed by atoms with Crippen LogP contribution in [0.2, 0.25) is 0 Å². The largest absolute Gasteiger partial charge is 0.336 e. The van der Waals surface area contributed by atoms with Gasteiger partial charge in [0.25, 0.3) is 0 Å². The van der Waals surface area contributed by atoms with E-state index >= 15 is 0 Å². The van der Waals surface area contributed by atoms with Gasteiger partial charge < -0.3 is 10.6 Å². The van der Waals surface area contributed by atoms with E-state index in [4.69, 9.17) is 0 Å². The summed E-state index contributed by atoms with van der Waals surface area (Å²) in [5, 5.41) is 6.00. The highest BCUT2D eigenvalue weighted by atomic mass is 16.2. The Labute approximate surface area is 99.4 Å². The molecule has 1 unspecified atom stereocenters. The molecule has 0 aromatic rings. The van der Waals surface area contributed by atoms with Gasteiger partial charge in [-0.15, -0.1) is 0 Å². The average Bonchev–Trinajstić information content (AvgIpc) is 2.18. The maximum atomic E-state index is 11.5. The van der Waals surface area contributed by atoms with Crippen LogP contribution in [-0.4, -0.2) is 18.1 Å². The summed E-state index contributed by atoms with van der Waals surface area (Å²) >= 11 is 0. The highest BCUT2D eigenvalue weighted by molar-refractivity contribution is 5.74. The maximum absolute atomic E-state index is 11.5. The van der Waals surface area contributed by atoms with E-state index in [9.17, 15) is 4.79 Å². The Balaban J connectivity index is 1.98. The third kappa shape index (κ3) is 5.38. The van der Waals surface area contributed by atoms with E-state index < -0.39 is 0 Å². The second-order valence-corrected chi connectivity index (χ2v) is 5.00. The van der Waals surface area contributed by atoms with Gasteiger partial charge in [0.1, 0.15) is 0 Å². The molecule has 0 heterocycles. The minimum atomic E-state index is 0.0210. The van der Waals surface area contributed by atoms with Crippen molar-refractivity contribution in [3.63, 3.8) is 0 Å². The zero-order valence-electron chi connectivity index (χ0n) is 10.7. The molecule has 16 heavy (non-hydrogen) atoms. The van der Waals surface area contributed by atoms with Crippen LogP contribution in [0.5, 0.6) is 0 Å². The fraction of sp³-hybridized carbons (Fsp3) is 0.923. The first-order valence-electron chi connectivity index (χ1n) is 6.79. The van der Waals surface area contributed by atoms with Crippen molar-refractivity contribution in [1.29, 1.82) is 0 Å². The van der Waals surface area contributed by atoms with Crippen molar-refractivity contribution in [2.45, 2.75) is 77.3 Å². The van der Waals surface area contributed by atoms with E-state index in [-0.39, 0.29) is 6.03 Å². The van der Waals surface area contributed by atoms with Gasteiger partial charge in [0, 0.05) is 12.1 Å². The van der Waals surface area contributed by atoms with Gasteiger partial charge in [-0.3, -0.25) is 0 Å². The van der Waals surface area contributed by atoms with Crippen LogP contribution in [0.25, 0.3) is 0 Å². The van der Waals surface area contributed by atoms with E-state index in [1.807, 2.05) is 0 Å². The van der Waals surface area contributed by atoms with E-state index in [1.54, 1.807) is 0 Å². The van der Waals surface area contributed by atoms with E-state index in [0.29, 0.717) is 12.1 Å². The lowest BCUT2D eigenvalue weighted by molar-refractivity contribution is 0.224. The molecular weight excluding hydrogens is 200 g/mol. The van der Waals surface area contributed by atoms with Crippen LogP contribution in [0.3, 0.4) is 0 Å². The molecule has 1 rings (SSSR count). The van der Waals surface area contributed by atoms with Gasteiger partial charge in [-0.05, 0) is 32.6 Å². The fourth-order valence-corrected chi connectivity index (χ4v) is 1.95. The summed E-state index contributed by atoms with van der Waals surface area (Å²) < 4.78 is 0. The lowest BCUT2D eigenvalue weighted by Crippen LogP contribution is -2.47. The van der Waals surface area contributed by atoms with Crippen LogP contribution >= 0.6 is 0 Å². The number of nitrogens with one attached hydrogen (secondary N) is 2. The van der Waals surface area contributed by atoms with Crippen LogP contribution in [0.1, 0.15) is 65.2 Å². The Morgan fingerprint density at radius 2 is 2.06 bits per heavy atom. The predicted molar refractivity (Wildman–Crippen MR) is 67.5 cm³/mol. The molecule has 1 aliphatic carbocycles. The predicted octanol–water partition coefficient (Wildman–Crippen LogP) is 3.20. The molecule has 0 bridgehead atoms. The summed E-state index contributed by atoms with van der Waals surface area (Å²) in [4.78, 5) is 11.5. The van der Waals surface area contributed by atoms with Gasteiger partial charge in [-0.1, -0.05) is 32.6 Å². The second-order valence-electron chi connectivity index (χ2n) is 5.00. The number of hydrogen-bond acceptors (Lipinski definition) is 1. The van der Waals surface area contributed by atoms with Gasteiger partial charge in [-0.2, -0.15) is 0 Å². The van der Waals surface area contributed by atoms with Crippen molar-refractivity contribution in [3.05, 3.63) is 0 Å². The third-order valence-electron chi connectivity index (χ3n) is 3.31.